The van der Waals surface area contributed by atoms with Crippen molar-refractivity contribution in [2.24, 2.45) is 5.92 Å². The van der Waals surface area contributed by atoms with Crippen molar-refractivity contribution < 1.29 is 14.7 Å². The summed E-state index contributed by atoms with van der Waals surface area (Å²) in [6.45, 7) is 3.58. The largest absolute Gasteiger partial charge is 0.480 e. The van der Waals surface area contributed by atoms with Gasteiger partial charge in [0.1, 0.15) is 6.04 Å². The van der Waals surface area contributed by atoms with Crippen LogP contribution in [0.15, 0.2) is 0 Å². The Morgan fingerprint density at radius 2 is 1.78 bits per heavy atom. The SMILES string of the molecule is CC(C)[C@@H](NC(=O)N(C)C1CCCCC1)C(=O)O. The molecule has 1 fully saturated rings. The fourth-order valence-electron chi connectivity index (χ4n) is 2.38. The van der Waals surface area contributed by atoms with Gasteiger partial charge in [-0.3, -0.25) is 0 Å². The first-order valence-corrected chi connectivity index (χ1v) is 6.69. The molecule has 0 bridgehead atoms. The summed E-state index contributed by atoms with van der Waals surface area (Å²) in [5, 5.41) is 11.7. The van der Waals surface area contributed by atoms with E-state index in [1.165, 1.54) is 6.42 Å². The summed E-state index contributed by atoms with van der Waals surface area (Å²) in [7, 11) is 1.75. The van der Waals surface area contributed by atoms with Gasteiger partial charge in [-0.15, -0.1) is 0 Å². The van der Waals surface area contributed by atoms with E-state index in [0.717, 1.165) is 25.7 Å². The summed E-state index contributed by atoms with van der Waals surface area (Å²) < 4.78 is 0. The van der Waals surface area contributed by atoms with E-state index in [1.54, 1.807) is 25.8 Å². The van der Waals surface area contributed by atoms with Gasteiger partial charge in [-0.1, -0.05) is 33.1 Å². The molecule has 5 nitrogen and oxygen atoms in total. The topological polar surface area (TPSA) is 69.6 Å². The molecule has 0 unspecified atom stereocenters. The molecule has 1 saturated carbocycles. The third kappa shape index (κ3) is 3.89. The molecule has 0 radical (unpaired) electrons. The molecule has 0 aromatic carbocycles. The van der Waals surface area contributed by atoms with Crippen LogP contribution in [-0.4, -0.2) is 41.1 Å². The molecule has 2 N–H and O–H groups in total. The number of rotatable bonds is 4. The van der Waals surface area contributed by atoms with Crippen molar-refractivity contribution in [2.45, 2.75) is 58.0 Å². The van der Waals surface area contributed by atoms with Crippen molar-refractivity contribution in [1.29, 1.82) is 0 Å². The summed E-state index contributed by atoms with van der Waals surface area (Å²) in [4.78, 5) is 24.7. The van der Waals surface area contributed by atoms with Gasteiger partial charge in [0.2, 0.25) is 0 Å². The fourth-order valence-corrected chi connectivity index (χ4v) is 2.38. The van der Waals surface area contributed by atoms with Crippen LogP contribution >= 0.6 is 0 Å². The maximum atomic E-state index is 12.0. The number of nitrogens with one attached hydrogen (secondary N) is 1. The number of hydrogen-bond acceptors (Lipinski definition) is 2. The maximum absolute atomic E-state index is 12.0. The number of urea groups is 1. The first kappa shape index (κ1) is 14.8. The minimum atomic E-state index is -0.976. The van der Waals surface area contributed by atoms with E-state index in [0.29, 0.717) is 0 Å². The van der Waals surface area contributed by atoms with Crippen molar-refractivity contribution in [1.82, 2.24) is 10.2 Å². The summed E-state index contributed by atoms with van der Waals surface area (Å²) in [5.74, 6) is -1.10. The van der Waals surface area contributed by atoms with E-state index in [9.17, 15) is 9.59 Å². The van der Waals surface area contributed by atoms with Gasteiger partial charge < -0.3 is 15.3 Å². The quantitative estimate of drug-likeness (QED) is 0.809. The number of carboxylic acids is 1. The summed E-state index contributed by atoms with van der Waals surface area (Å²) in [5.41, 5.74) is 0. The predicted octanol–water partition coefficient (Wildman–Crippen LogP) is 2.07. The first-order valence-electron chi connectivity index (χ1n) is 6.69. The second-order valence-electron chi connectivity index (χ2n) is 5.41. The summed E-state index contributed by atoms with van der Waals surface area (Å²) >= 11 is 0. The zero-order chi connectivity index (χ0) is 13.7. The molecule has 0 saturated heterocycles. The average Bonchev–Trinajstić information content (AvgIpc) is 2.35. The van der Waals surface area contributed by atoms with E-state index >= 15 is 0 Å². The zero-order valence-corrected chi connectivity index (χ0v) is 11.5. The van der Waals surface area contributed by atoms with Crippen molar-refractivity contribution in [3.8, 4) is 0 Å². The Morgan fingerprint density at radius 1 is 1.22 bits per heavy atom. The van der Waals surface area contributed by atoms with Crippen LogP contribution in [0.4, 0.5) is 4.79 Å². The third-order valence-electron chi connectivity index (χ3n) is 3.65. The number of carbonyl (C=O) groups excluding carboxylic acids is 1. The lowest BCUT2D eigenvalue weighted by atomic mass is 9.94. The Hall–Kier alpha value is -1.26. The highest BCUT2D eigenvalue weighted by Gasteiger charge is 2.27. The Bertz CT molecular complexity index is 299. The minimum absolute atomic E-state index is 0.119. The number of aliphatic carboxylic acids is 1. The number of hydrogen-bond donors (Lipinski definition) is 2. The maximum Gasteiger partial charge on any atom is 0.326 e. The highest BCUT2D eigenvalue weighted by atomic mass is 16.4. The van der Waals surface area contributed by atoms with Crippen LogP contribution in [0.3, 0.4) is 0 Å². The highest BCUT2D eigenvalue weighted by molar-refractivity contribution is 5.82. The number of carbonyl (C=O) groups is 2. The average molecular weight is 256 g/mol. The molecule has 104 valence electrons. The summed E-state index contributed by atoms with van der Waals surface area (Å²) in [6.07, 6.45) is 5.56. The van der Waals surface area contributed by atoms with E-state index in [1.807, 2.05) is 0 Å². The van der Waals surface area contributed by atoms with Gasteiger partial charge in [-0.05, 0) is 18.8 Å². The number of nitrogens with zero attached hydrogens (tertiary/aromatic N) is 1. The Balaban J connectivity index is 2.54. The van der Waals surface area contributed by atoms with Crippen molar-refractivity contribution in [2.75, 3.05) is 7.05 Å². The van der Waals surface area contributed by atoms with Gasteiger partial charge in [0, 0.05) is 13.1 Å². The molecular weight excluding hydrogens is 232 g/mol. The predicted molar refractivity (Wildman–Crippen MR) is 69.4 cm³/mol. The van der Waals surface area contributed by atoms with E-state index in [-0.39, 0.29) is 18.0 Å². The van der Waals surface area contributed by atoms with Crippen molar-refractivity contribution in [3.05, 3.63) is 0 Å². The highest BCUT2D eigenvalue weighted by Crippen LogP contribution is 2.21. The van der Waals surface area contributed by atoms with Crippen molar-refractivity contribution in [3.63, 3.8) is 0 Å². The monoisotopic (exact) mass is 256 g/mol. The molecule has 2 amide bonds. The zero-order valence-electron chi connectivity index (χ0n) is 11.5. The van der Waals surface area contributed by atoms with Crippen LogP contribution in [-0.2, 0) is 4.79 Å². The molecule has 1 atom stereocenters. The van der Waals surface area contributed by atoms with Gasteiger partial charge in [-0.25, -0.2) is 9.59 Å². The molecule has 0 aromatic heterocycles. The second kappa shape index (κ2) is 6.61. The lowest BCUT2D eigenvalue weighted by Gasteiger charge is -2.32. The number of amides is 2. The molecule has 1 rings (SSSR count). The Kier molecular flexibility index (Phi) is 5.44. The fraction of sp³-hybridized carbons (Fsp3) is 0.846. The van der Waals surface area contributed by atoms with Crippen LogP contribution in [0.2, 0.25) is 0 Å². The van der Waals surface area contributed by atoms with Crippen LogP contribution in [0.5, 0.6) is 0 Å². The molecule has 5 heteroatoms. The molecule has 0 aromatic rings. The normalized spacial score (nSPS) is 18.4. The van der Waals surface area contributed by atoms with Crippen LogP contribution in [0, 0.1) is 5.92 Å². The van der Waals surface area contributed by atoms with Crippen LogP contribution < -0.4 is 5.32 Å². The molecule has 1 aliphatic carbocycles. The third-order valence-corrected chi connectivity index (χ3v) is 3.65. The smallest absolute Gasteiger partial charge is 0.326 e. The standard InChI is InChI=1S/C13H24N2O3/c1-9(2)11(12(16)17)14-13(18)15(3)10-7-5-4-6-8-10/h9-11H,4-8H2,1-3H3,(H,14,18)(H,16,17)/t11-/m1/s1. The van der Waals surface area contributed by atoms with Gasteiger partial charge in [-0.2, -0.15) is 0 Å². The molecular formula is C13H24N2O3. The van der Waals surface area contributed by atoms with E-state index in [2.05, 4.69) is 5.32 Å². The lowest BCUT2D eigenvalue weighted by Crippen LogP contribution is -2.51. The minimum Gasteiger partial charge on any atom is -0.480 e. The second-order valence-corrected chi connectivity index (χ2v) is 5.41. The van der Waals surface area contributed by atoms with Gasteiger partial charge >= 0.3 is 12.0 Å². The Morgan fingerprint density at radius 3 is 2.22 bits per heavy atom. The Labute approximate surface area is 109 Å². The van der Waals surface area contributed by atoms with Crippen molar-refractivity contribution >= 4 is 12.0 Å². The van der Waals surface area contributed by atoms with E-state index in [4.69, 9.17) is 5.11 Å². The van der Waals surface area contributed by atoms with Gasteiger partial charge in [0.25, 0.3) is 0 Å². The van der Waals surface area contributed by atoms with Crippen LogP contribution in [0.1, 0.15) is 46.0 Å². The number of carboxylic acid groups (broad SMARTS) is 1. The van der Waals surface area contributed by atoms with E-state index < -0.39 is 12.0 Å². The van der Waals surface area contributed by atoms with Crippen LogP contribution in [0.25, 0.3) is 0 Å². The first-order chi connectivity index (χ1) is 8.43. The molecule has 1 aliphatic rings. The molecule has 0 spiro atoms. The summed E-state index contributed by atoms with van der Waals surface area (Å²) in [6, 6.07) is -0.841. The van der Waals surface area contributed by atoms with Gasteiger partial charge in [0.15, 0.2) is 0 Å². The molecule has 0 heterocycles. The lowest BCUT2D eigenvalue weighted by molar-refractivity contribution is -0.140. The van der Waals surface area contributed by atoms with Gasteiger partial charge in [0.05, 0.1) is 0 Å². The molecule has 0 aliphatic heterocycles. The molecule has 18 heavy (non-hydrogen) atoms.